The van der Waals surface area contributed by atoms with E-state index in [1.807, 2.05) is 6.07 Å². The molecule has 0 spiro atoms. The van der Waals surface area contributed by atoms with Crippen LogP contribution in [0.15, 0.2) is 24.3 Å². The quantitative estimate of drug-likeness (QED) is 0.625. The van der Waals surface area contributed by atoms with Gasteiger partial charge in [0.05, 0.1) is 0 Å². The molecule has 0 aromatic heterocycles. The molecule has 0 saturated heterocycles. The highest BCUT2D eigenvalue weighted by atomic mass is 35.6. The van der Waals surface area contributed by atoms with E-state index in [2.05, 4.69) is 0 Å². The fourth-order valence-electron chi connectivity index (χ4n) is 1.42. The SMILES string of the molecule is N[C@H](Cc1cccc(OCCl)c1)C(=O)OCC(Cl)(Cl)Cl. The summed E-state index contributed by atoms with van der Waals surface area (Å²) in [5.74, 6) is -0.0423. The van der Waals surface area contributed by atoms with Crippen LogP contribution in [0.3, 0.4) is 0 Å². The second-order valence-electron chi connectivity index (χ2n) is 3.93. The zero-order valence-corrected chi connectivity index (χ0v) is 13.3. The fourth-order valence-corrected chi connectivity index (χ4v) is 1.71. The third-order valence-corrected chi connectivity index (χ3v) is 2.69. The molecule has 20 heavy (non-hydrogen) atoms. The van der Waals surface area contributed by atoms with E-state index < -0.39 is 15.8 Å². The first-order chi connectivity index (χ1) is 9.31. The molecular formula is C12H13Cl4NO3. The molecule has 8 heteroatoms. The van der Waals surface area contributed by atoms with Crippen molar-refractivity contribution in [3.05, 3.63) is 29.8 Å². The minimum absolute atomic E-state index is 0.0425. The van der Waals surface area contributed by atoms with Gasteiger partial charge in [-0.25, -0.2) is 0 Å². The highest BCUT2D eigenvalue weighted by Crippen LogP contribution is 2.26. The van der Waals surface area contributed by atoms with Crippen molar-refractivity contribution in [1.82, 2.24) is 0 Å². The largest absolute Gasteiger partial charge is 0.478 e. The lowest BCUT2D eigenvalue weighted by molar-refractivity contribution is -0.145. The number of nitrogens with two attached hydrogens (primary N) is 1. The molecular weight excluding hydrogens is 348 g/mol. The van der Waals surface area contributed by atoms with Gasteiger partial charge in [0.15, 0.2) is 6.07 Å². The number of rotatable bonds is 6. The smallest absolute Gasteiger partial charge is 0.323 e. The van der Waals surface area contributed by atoms with E-state index in [1.54, 1.807) is 18.2 Å². The van der Waals surface area contributed by atoms with Gasteiger partial charge in [-0.05, 0) is 24.1 Å². The number of ether oxygens (including phenoxy) is 2. The summed E-state index contributed by atoms with van der Waals surface area (Å²) < 4.78 is 8.29. The Morgan fingerprint density at radius 3 is 2.65 bits per heavy atom. The van der Waals surface area contributed by atoms with Crippen LogP contribution in [0, 0.1) is 0 Å². The number of hydrogen-bond acceptors (Lipinski definition) is 4. The zero-order valence-electron chi connectivity index (χ0n) is 10.3. The highest BCUT2D eigenvalue weighted by Gasteiger charge is 2.24. The molecule has 0 bridgehead atoms. The molecule has 1 rings (SSSR count). The van der Waals surface area contributed by atoms with Crippen molar-refractivity contribution in [2.45, 2.75) is 16.3 Å². The maximum atomic E-state index is 11.6. The maximum absolute atomic E-state index is 11.6. The van der Waals surface area contributed by atoms with Gasteiger partial charge in [0, 0.05) is 0 Å². The van der Waals surface area contributed by atoms with Crippen LogP contribution >= 0.6 is 46.4 Å². The summed E-state index contributed by atoms with van der Waals surface area (Å²) in [7, 11) is 0. The molecule has 0 heterocycles. The summed E-state index contributed by atoms with van der Waals surface area (Å²) >= 11 is 21.9. The van der Waals surface area contributed by atoms with Crippen LogP contribution in [0.2, 0.25) is 0 Å². The highest BCUT2D eigenvalue weighted by molar-refractivity contribution is 6.67. The number of hydrogen-bond donors (Lipinski definition) is 1. The summed E-state index contributed by atoms with van der Waals surface area (Å²) in [6.45, 7) is -0.348. The summed E-state index contributed by atoms with van der Waals surface area (Å²) in [4.78, 5) is 11.6. The minimum atomic E-state index is -1.65. The summed E-state index contributed by atoms with van der Waals surface area (Å²) in [6.07, 6.45) is 0.276. The predicted octanol–water partition coefficient (Wildman–Crippen LogP) is 3.04. The van der Waals surface area contributed by atoms with Gasteiger partial charge in [-0.1, -0.05) is 58.5 Å². The average Bonchev–Trinajstić information content (AvgIpc) is 2.36. The minimum Gasteiger partial charge on any atom is -0.478 e. The molecule has 112 valence electrons. The standard InChI is InChI=1S/C12H13Cl4NO3/c13-7-20-9-3-1-2-8(4-9)5-10(17)11(18)19-6-12(14,15)16/h1-4,10H,5-7,17H2/t10-/m1/s1. The number of esters is 1. The molecule has 0 unspecified atom stereocenters. The number of carbonyl (C=O) groups excluding carboxylic acids is 1. The zero-order chi connectivity index (χ0) is 15.2. The summed E-state index contributed by atoms with van der Waals surface area (Å²) in [5.41, 5.74) is 6.54. The number of carbonyl (C=O) groups is 1. The van der Waals surface area contributed by atoms with Crippen molar-refractivity contribution < 1.29 is 14.3 Å². The molecule has 0 amide bonds. The first-order valence-electron chi connectivity index (χ1n) is 5.58. The Bertz CT molecular complexity index is 451. The van der Waals surface area contributed by atoms with E-state index in [0.717, 1.165) is 5.56 Å². The molecule has 0 radical (unpaired) electrons. The molecule has 0 fully saturated rings. The predicted molar refractivity (Wildman–Crippen MR) is 80.7 cm³/mol. The number of halogens is 4. The molecule has 0 saturated carbocycles. The third-order valence-electron chi connectivity index (χ3n) is 2.26. The second-order valence-corrected chi connectivity index (χ2v) is 6.67. The summed E-state index contributed by atoms with van der Waals surface area (Å²) in [5, 5.41) is 0. The Hall–Kier alpha value is -0.390. The Balaban J connectivity index is 2.54. The molecule has 1 atom stereocenters. The van der Waals surface area contributed by atoms with Gasteiger partial charge in [0.25, 0.3) is 0 Å². The van der Waals surface area contributed by atoms with Crippen LogP contribution in [0.4, 0.5) is 0 Å². The first-order valence-corrected chi connectivity index (χ1v) is 7.25. The van der Waals surface area contributed by atoms with Crippen LogP contribution in [0.1, 0.15) is 5.56 Å². The Kier molecular flexibility index (Phi) is 7.20. The molecule has 0 aliphatic heterocycles. The molecule has 0 aliphatic carbocycles. The normalized spacial score (nSPS) is 12.8. The number of benzene rings is 1. The van der Waals surface area contributed by atoms with Crippen molar-refractivity contribution in [3.63, 3.8) is 0 Å². The van der Waals surface area contributed by atoms with Gasteiger partial charge in [-0.15, -0.1) is 0 Å². The molecule has 4 nitrogen and oxygen atoms in total. The Morgan fingerprint density at radius 2 is 2.05 bits per heavy atom. The van der Waals surface area contributed by atoms with Crippen molar-refractivity contribution in [3.8, 4) is 5.75 Å². The van der Waals surface area contributed by atoms with Gasteiger partial charge in [0.1, 0.15) is 18.4 Å². The Morgan fingerprint density at radius 1 is 1.35 bits per heavy atom. The van der Waals surface area contributed by atoms with Crippen LogP contribution in [-0.2, 0) is 16.0 Å². The lowest BCUT2D eigenvalue weighted by Crippen LogP contribution is -2.36. The maximum Gasteiger partial charge on any atom is 0.323 e. The topological polar surface area (TPSA) is 61.5 Å². The van der Waals surface area contributed by atoms with Crippen molar-refractivity contribution in [1.29, 1.82) is 0 Å². The summed E-state index contributed by atoms with van der Waals surface area (Å²) in [6, 6.07) is 6.26. The number of alkyl halides is 4. The van der Waals surface area contributed by atoms with Crippen molar-refractivity contribution >= 4 is 52.4 Å². The van der Waals surface area contributed by atoms with Crippen LogP contribution in [-0.4, -0.2) is 28.5 Å². The van der Waals surface area contributed by atoms with E-state index >= 15 is 0 Å². The van der Waals surface area contributed by atoms with E-state index in [9.17, 15) is 4.79 Å². The van der Waals surface area contributed by atoms with E-state index in [1.165, 1.54) is 0 Å². The van der Waals surface area contributed by atoms with Crippen LogP contribution < -0.4 is 10.5 Å². The fraction of sp³-hybridized carbons (Fsp3) is 0.417. The van der Waals surface area contributed by atoms with E-state index in [4.69, 9.17) is 61.6 Å². The van der Waals surface area contributed by atoms with Gasteiger partial charge in [-0.2, -0.15) is 0 Å². The molecule has 2 N–H and O–H groups in total. The average molecular weight is 361 g/mol. The second kappa shape index (κ2) is 8.15. The van der Waals surface area contributed by atoms with E-state index in [-0.39, 0.29) is 19.1 Å². The lowest BCUT2D eigenvalue weighted by atomic mass is 10.1. The first kappa shape index (κ1) is 17.7. The molecule has 1 aromatic carbocycles. The Labute approximate surface area is 137 Å². The van der Waals surface area contributed by atoms with Crippen molar-refractivity contribution in [2.75, 3.05) is 12.7 Å². The van der Waals surface area contributed by atoms with Crippen LogP contribution in [0.5, 0.6) is 5.75 Å². The van der Waals surface area contributed by atoms with Gasteiger partial charge in [0.2, 0.25) is 3.79 Å². The lowest BCUT2D eigenvalue weighted by Gasteiger charge is -2.15. The van der Waals surface area contributed by atoms with Gasteiger partial charge >= 0.3 is 5.97 Å². The van der Waals surface area contributed by atoms with E-state index in [0.29, 0.717) is 5.75 Å². The van der Waals surface area contributed by atoms with Crippen molar-refractivity contribution in [2.24, 2.45) is 5.73 Å². The third kappa shape index (κ3) is 6.86. The molecule has 0 aliphatic rings. The van der Waals surface area contributed by atoms with Crippen LogP contribution in [0.25, 0.3) is 0 Å². The van der Waals surface area contributed by atoms with Gasteiger partial charge in [-0.3, -0.25) is 4.79 Å². The van der Waals surface area contributed by atoms with Gasteiger partial charge < -0.3 is 15.2 Å². The monoisotopic (exact) mass is 359 g/mol. The molecule has 1 aromatic rings.